The number of sulfonamides is 1. The number of hydrogen-bond acceptors (Lipinski definition) is 4. The molecule has 0 spiro atoms. The number of benzene rings is 1. The Kier molecular flexibility index (Phi) is 5.86. The second-order valence-electron chi connectivity index (χ2n) is 4.19. The van der Waals surface area contributed by atoms with Gasteiger partial charge in [-0.3, -0.25) is 0 Å². The van der Waals surface area contributed by atoms with Gasteiger partial charge in [-0.15, -0.1) is 0 Å². The van der Waals surface area contributed by atoms with Crippen LogP contribution in [0.1, 0.15) is 12.5 Å². The molecule has 5 nitrogen and oxygen atoms in total. The van der Waals surface area contributed by atoms with E-state index in [0.717, 1.165) is 6.07 Å². The first-order valence-electron chi connectivity index (χ1n) is 5.86. The lowest BCUT2D eigenvalue weighted by atomic mass is 10.2. The van der Waals surface area contributed by atoms with E-state index in [1.54, 1.807) is 20.0 Å². The van der Waals surface area contributed by atoms with Gasteiger partial charge in [0.25, 0.3) is 0 Å². The minimum absolute atomic E-state index is 0.0918. The Balaban J connectivity index is 2.96. The normalized spacial score (nSPS) is 13.5. The van der Waals surface area contributed by atoms with Crippen LogP contribution in [-0.4, -0.2) is 35.2 Å². The molecule has 7 heteroatoms. The molecule has 1 aromatic rings. The average Bonchev–Trinajstić information content (AvgIpc) is 2.38. The lowest BCUT2D eigenvalue weighted by Crippen LogP contribution is -2.32. The number of ether oxygens (including phenoxy) is 1. The molecule has 1 unspecified atom stereocenters. The summed E-state index contributed by atoms with van der Waals surface area (Å²) in [7, 11) is -0.658. The summed E-state index contributed by atoms with van der Waals surface area (Å²) in [5.74, 6) is -0.766. The van der Waals surface area contributed by atoms with Crippen molar-refractivity contribution in [3.63, 3.8) is 0 Å². The van der Waals surface area contributed by atoms with Gasteiger partial charge in [-0.2, -0.15) is 0 Å². The van der Waals surface area contributed by atoms with Crippen LogP contribution in [0, 0.1) is 5.82 Å². The van der Waals surface area contributed by atoms with Crippen LogP contribution in [0.15, 0.2) is 23.1 Å². The predicted octanol–water partition coefficient (Wildman–Crippen LogP) is 0.858. The van der Waals surface area contributed by atoms with E-state index in [2.05, 4.69) is 10.0 Å². The first-order chi connectivity index (χ1) is 8.90. The highest BCUT2D eigenvalue weighted by Gasteiger charge is 2.20. The Bertz CT molecular complexity index is 520. The zero-order chi connectivity index (χ0) is 14.5. The molecule has 0 aromatic heterocycles. The molecular weight excluding hydrogens is 271 g/mol. The van der Waals surface area contributed by atoms with Crippen molar-refractivity contribution in [1.82, 2.24) is 10.0 Å². The second kappa shape index (κ2) is 6.95. The topological polar surface area (TPSA) is 67.4 Å². The van der Waals surface area contributed by atoms with Crippen molar-refractivity contribution in [1.29, 1.82) is 0 Å². The van der Waals surface area contributed by atoms with Gasteiger partial charge in [0.15, 0.2) is 0 Å². The van der Waals surface area contributed by atoms with Crippen LogP contribution in [0.5, 0.6) is 0 Å². The van der Waals surface area contributed by atoms with Gasteiger partial charge in [0.1, 0.15) is 10.7 Å². The minimum Gasteiger partial charge on any atom is -0.380 e. The van der Waals surface area contributed by atoms with Gasteiger partial charge >= 0.3 is 0 Å². The quantitative estimate of drug-likeness (QED) is 0.781. The van der Waals surface area contributed by atoms with Crippen LogP contribution in [0.3, 0.4) is 0 Å². The Morgan fingerprint density at radius 3 is 2.68 bits per heavy atom. The minimum atomic E-state index is -3.87. The molecule has 0 aliphatic carbocycles. The van der Waals surface area contributed by atoms with Crippen LogP contribution in [0.25, 0.3) is 0 Å². The van der Waals surface area contributed by atoms with Crippen molar-refractivity contribution in [3.05, 3.63) is 29.6 Å². The predicted molar refractivity (Wildman–Crippen MR) is 70.8 cm³/mol. The van der Waals surface area contributed by atoms with Crippen LogP contribution in [-0.2, 0) is 21.3 Å². The third-order valence-corrected chi connectivity index (χ3v) is 4.07. The monoisotopic (exact) mass is 290 g/mol. The summed E-state index contributed by atoms with van der Waals surface area (Å²) in [4.78, 5) is -0.344. The highest BCUT2D eigenvalue weighted by molar-refractivity contribution is 7.89. The zero-order valence-electron chi connectivity index (χ0n) is 11.2. The van der Waals surface area contributed by atoms with Crippen LogP contribution in [0.2, 0.25) is 0 Å². The van der Waals surface area contributed by atoms with Crippen LogP contribution >= 0.6 is 0 Å². The molecule has 1 atom stereocenters. The van der Waals surface area contributed by atoms with E-state index < -0.39 is 15.8 Å². The molecular formula is C12H19FN2O3S. The van der Waals surface area contributed by atoms with Gasteiger partial charge in [-0.25, -0.2) is 17.5 Å². The standard InChI is InChI=1S/C12H19FN2O3S/c1-9(18-3)7-15-19(16,17)12-6-10(8-14-2)4-5-11(12)13/h4-6,9,14-15H,7-8H2,1-3H3. The highest BCUT2D eigenvalue weighted by atomic mass is 32.2. The number of halogens is 1. The highest BCUT2D eigenvalue weighted by Crippen LogP contribution is 2.16. The van der Waals surface area contributed by atoms with E-state index in [1.807, 2.05) is 0 Å². The average molecular weight is 290 g/mol. The Hall–Kier alpha value is -1.02. The summed E-state index contributed by atoms with van der Waals surface area (Å²) in [6, 6.07) is 4.02. The molecule has 2 N–H and O–H groups in total. The maximum atomic E-state index is 13.6. The number of nitrogens with one attached hydrogen (secondary N) is 2. The molecule has 0 radical (unpaired) electrons. The first kappa shape index (κ1) is 16.0. The SMILES string of the molecule is CNCc1ccc(F)c(S(=O)(=O)NCC(C)OC)c1. The Morgan fingerprint density at radius 1 is 1.42 bits per heavy atom. The van der Waals surface area contributed by atoms with Gasteiger partial charge in [-0.05, 0) is 31.7 Å². The number of hydrogen-bond donors (Lipinski definition) is 2. The van der Waals surface area contributed by atoms with Crippen LogP contribution in [0.4, 0.5) is 4.39 Å². The first-order valence-corrected chi connectivity index (χ1v) is 7.34. The number of rotatable bonds is 7. The second-order valence-corrected chi connectivity index (χ2v) is 5.93. The van der Waals surface area contributed by atoms with E-state index in [1.165, 1.54) is 13.2 Å². The lowest BCUT2D eigenvalue weighted by molar-refractivity contribution is 0.122. The third-order valence-electron chi connectivity index (χ3n) is 2.63. The van der Waals surface area contributed by atoms with Crippen molar-refractivity contribution >= 4 is 10.0 Å². The molecule has 0 saturated heterocycles. The molecule has 0 bridgehead atoms. The lowest BCUT2D eigenvalue weighted by Gasteiger charge is -2.12. The van der Waals surface area contributed by atoms with Gasteiger partial charge in [0.05, 0.1) is 6.10 Å². The largest absolute Gasteiger partial charge is 0.380 e. The maximum absolute atomic E-state index is 13.6. The van der Waals surface area contributed by atoms with E-state index in [9.17, 15) is 12.8 Å². The van der Waals surface area contributed by atoms with Crippen molar-refractivity contribution < 1.29 is 17.5 Å². The van der Waals surface area contributed by atoms with E-state index in [-0.39, 0.29) is 17.5 Å². The molecule has 0 fully saturated rings. The van der Waals surface area contributed by atoms with Crippen molar-refractivity contribution in [2.45, 2.75) is 24.5 Å². The van der Waals surface area contributed by atoms with Gasteiger partial charge in [0.2, 0.25) is 10.0 Å². The molecule has 1 rings (SSSR count). The molecule has 0 heterocycles. The molecule has 0 amide bonds. The van der Waals surface area contributed by atoms with E-state index in [4.69, 9.17) is 4.74 Å². The molecule has 0 aliphatic heterocycles. The molecule has 19 heavy (non-hydrogen) atoms. The van der Waals surface area contributed by atoms with Crippen LogP contribution < -0.4 is 10.0 Å². The summed E-state index contributed by atoms with van der Waals surface area (Å²) >= 11 is 0. The summed E-state index contributed by atoms with van der Waals surface area (Å²) in [6.07, 6.45) is -0.279. The smallest absolute Gasteiger partial charge is 0.243 e. The molecule has 1 aromatic carbocycles. The van der Waals surface area contributed by atoms with Crippen molar-refractivity contribution in [2.75, 3.05) is 20.7 Å². The maximum Gasteiger partial charge on any atom is 0.243 e. The fourth-order valence-electron chi connectivity index (χ4n) is 1.46. The summed E-state index contributed by atoms with van der Waals surface area (Å²) in [5, 5.41) is 2.88. The van der Waals surface area contributed by atoms with Gasteiger partial charge in [0, 0.05) is 20.2 Å². The Morgan fingerprint density at radius 2 is 2.11 bits per heavy atom. The third kappa shape index (κ3) is 4.54. The summed E-state index contributed by atoms with van der Waals surface area (Å²) in [6.45, 7) is 2.28. The van der Waals surface area contributed by atoms with E-state index in [0.29, 0.717) is 12.1 Å². The van der Waals surface area contributed by atoms with Crippen molar-refractivity contribution in [2.24, 2.45) is 0 Å². The summed E-state index contributed by atoms with van der Waals surface area (Å²) in [5.41, 5.74) is 0.698. The Labute approximate surface area is 113 Å². The van der Waals surface area contributed by atoms with Gasteiger partial charge in [-0.1, -0.05) is 6.07 Å². The zero-order valence-corrected chi connectivity index (χ0v) is 12.1. The van der Waals surface area contributed by atoms with E-state index >= 15 is 0 Å². The fourth-order valence-corrected chi connectivity index (χ4v) is 2.70. The number of methoxy groups -OCH3 is 1. The molecule has 0 aliphatic rings. The van der Waals surface area contributed by atoms with Crippen molar-refractivity contribution in [3.8, 4) is 0 Å². The molecule has 108 valence electrons. The molecule has 0 saturated carbocycles. The fraction of sp³-hybridized carbons (Fsp3) is 0.500. The van der Waals surface area contributed by atoms with Gasteiger partial charge < -0.3 is 10.1 Å². The summed E-state index contributed by atoms with van der Waals surface area (Å²) < 4.78 is 44.9.